The van der Waals surface area contributed by atoms with Crippen LogP contribution in [0.5, 0.6) is 0 Å². The van der Waals surface area contributed by atoms with Crippen molar-refractivity contribution in [3.05, 3.63) is 34.9 Å². The van der Waals surface area contributed by atoms with Crippen LogP contribution in [-0.4, -0.2) is 15.4 Å². The van der Waals surface area contributed by atoms with Crippen LogP contribution in [0.15, 0.2) is 24.3 Å². The van der Waals surface area contributed by atoms with Crippen molar-refractivity contribution in [2.75, 3.05) is 0 Å². The number of hydrogen-bond donors (Lipinski definition) is 2. The Balaban J connectivity index is 2.39. The molecule has 0 bridgehead atoms. The number of benzene rings is 1. The van der Waals surface area contributed by atoms with E-state index in [9.17, 15) is 9.79 Å². The standard InChI is InChI=1S/C10H13ClO4P/c1-10(2)9(14-16(12,13)15-10)7-5-3-4-6-8(7)11/h3-6,9,12-13H,1-2H3/q+1. The van der Waals surface area contributed by atoms with Crippen molar-refractivity contribution in [2.45, 2.75) is 25.6 Å². The average molecular weight is 264 g/mol. The van der Waals surface area contributed by atoms with Crippen LogP contribution in [-0.2, 0) is 9.05 Å². The zero-order valence-electron chi connectivity index (χ0n) is 8.92. The van der Waals surface area contributed by atoms with E-state index >= 15 is 0 Å². The molecule has 0 amide bonds. The fourth-order valence-electron chi connectivity index (χ4n) is 1.76. The van der Waals surface area contributed by atoms with Crippen molar-refractivity contribution < 1.29 is 18.8 Å². The van der Waals surface area contributed by atoms with Gasteiger partial charge in [-0.3, -0.25) is 0 Å². The van der Waals surface area contributed by atoms with Crippen molar-refractivity contribution >= 4 is 19.8 Å². The van der Waals surface area contributed by atoms with E-state index in [2.05, 4.69) is 0 Å². The molecule has 6 heteroatoms. The second kappa shape index (κ2) is 3.91. The van der Waals surface area contributed by atoms with Gasteiger partial charge in [-0.25, -0.2) is 0 Å². The fraction of sp³-hybridized carbons (Fsp3) is 0.400. The van der Waals surface area contributed by atoms with Crippen LogP contribution in [0.2, 0.25) is 5.02 Å². The van der Waals surface area contributed by atoms with Crippen LogP contribution < -0.4 is 0 Å². The highest BCUT2D eigenvalue weighted by molar-refractivity contribution is 7.54. The summed E-state index contributed by atoms with van der Waals surface area (Å²) in [6, 6.07) is 7.12. The van der Waals surface area contributed by atoms with Crippen LogP contribution in [0.1, 0.15) is 25.5 Å². The molecule has 4 nitrogen and oxygen atoms in total. The molecule has 2 rings (SSSR count). The largest absolute Gasteiger partial charge is 0.571 e. The number of rotatable bonds is 1. The van der Waals surface area contributed by atoms with Gasteiger partial charge in [0.05, 0.1) is 0 Å². The minimum absolute atomic E-state index is 0.520. The molecule has 1 fully saturated rings. The Morgan fingerprint density at radius 2 is 1.94 bits per heavy atom. The van der Waals surface area contributed by atoms with Crippen molar-refractivity contribution in [1.29, 1.82) is 0 Å². The van der Waals surface area contributed by atoms with Gasteiger partial charge in [0, 0.05) is 10.6 Å². The van der Waals surface area contributed by atoms with Crippen LogP contribution >= 0.6 is 19.8 Å². The van der Waals surface area contributed by atoms with Gasteiger partial charge in [0.1, 0.15) is 0 Å². The summed E-state index contributed by atoms with van der Waals surface area (Å²) in [5, 5.41) is 0.520. The number of hydrogen-bond acceptors (Lipinski definition) is 4. The maximum absolute atomic E-state index is 9.43. The minimum atomic E-state index is -3.71. The zero-order valence-corrected chi connectivity index (χ0v) is 10.6. The zero-order chi connectivity index (χ0) is 12.0. The van der Waals surface area contributed by atoms with E-state index in [4.69, 9.17) is 20.6 Å². The summed E-state index contributed by atoms with van der Waals surface area (Å²) in [6.07, 6.45) is -0.579. The van der Waals surface area contributed by atoms with E-state index in [1.165, 1.54) is 0 Å². The predicted molar refractivity (Wildman–Crippen MR) is 61.8 cm³/mol. The lowest BCUT2D eigenvalue weighted by Crippen LogP contribution is -2.26. The molecule has 1 saturated heterocycles. The highest BCUT2D eigenvalue weighted by atomic mass is 35.5. The molecule has 16 heavy (non-hydrogen) atoms. The lowest BCUT2D eigenvalue weighted by Gasteiger charge is -2.18. The van der Waals surface area contributed by atoms with Gasteiger partial charge >= 0.3 is 8.17 Å². The van der Waals surface area contributed by atoms with Gasteiger partial charge in [0.25, 0.3) is 0 Å². The molecule has 2 N–H and O–H groups in total. The average Bonchev–Trinajstić information content (AvgIpc) is 2.35. The first-order valence-electron chi connectivity index (χ1n) is 4.80. The van der Waals surface area contributed by atoms with Crippen molar-refractivity contribution in [3.63, 3.8) is 0 Å². The third-order valence-corrected chi connectivity index (χ3v) is 3.95. The summed E-state index contributed by atoms with van der Waals surface area (Å²) in [7, 11) is -3.71. The van der Waals surface area contributed by atoms with Gasteiger partial charge in [-0.2, -0.15) is 9.79 Å². The fourth-order valence-corrected chi connectivity index (χ4v) is 3.39. The summed E-state index contributed by atoms with van der Waals surface area (Å²) >= 11 is 6.04. The Labute approximate surface area is 99.4 Å². The molecule has 0 aromatic heterocycles. The molecular formula is C10H13ClO4P+. The third kappa shape index (κ3) is 2.23. The second-order valence-corrected chi connectivity index (χ2v) is 5.97. The minimum Gasteiger partial charge on any atom is -0.168 e. The summed E-state index contributed by atoms with van der Waals surface area (Å²) < 4.78 is 10.2. The second-order valence-electron chi connectivity index (χ2n) is 4.19. The lowest BCUT2D eigenvalue weighted by molar-refractivity contribution is 0.0707. The van der Waals surface area contributed by atoms with Gasteiger partial charge in [-0.1, -0.05) is 29.8 Å². The Morgan fingerprint density at radius 3 is 2.44 bits per heavy atom. The monoisotopic (exact) mass is 263 g/mol. The first kappa shape index (κ1) is 12.2. The highest BCUT2D eigenvalue weighted by Gasteiger charge is 2.62. The summed E-state index contributed by atoms with van der Waals surface area (Å²) in [6.45, 7) is 3.46. The molecular weight excluding hydrogens is 251 g/mol. The van der Waals surface area contributed by atoms with E-state index in [1.54, 1.807) is 32.0 Å². The Bertz CT molecular complexity index is 408. The molecule has 1 aliphatic rings. The molecule has 88 valence electrons. The smallest absolute Gasteiger partial charge is 0.168 e. The van der Waals surface area contributed by atoms with Gasteiger partial charge in [0.15, 0.2) is 11.7 Å². The molecule has 0 radical (unpaired) electrons. The first-order chi connectivity index (χ1) is 7.32. The molecule has 0 aliphatic carbocycles. The topological polar surface area (TPSA) is 58.9 Å². The summed E-state index contributed by atoms with van der Waals surface area (Å²) in [5.74, 6) is 0. The summed E-state index contributed by atoms with van der Waals surface area (Å²) in [4.78, 5) is 18.9. The molecule has 1 aromatic carbocycles. The molecule has 1 atom stereocenters. The Hall–Kier alpha value is -0.220. The van der Waals surface area contributed by atoms with Crippen molar-refractivity contribution in [1.82, 2.24) is 0 Å². The van der Waals surface area contributed by atoms with E-state index in [0.29, 0.717) is 10.6 Å². The predicted octanol–water partition coefficient (Wildman–Crippen LogP) is 2.87. The molecule has 0 saturated carbocycles. The molecule has 1 heterocycles. The van der Waals surface area contributed by atoms with Crippen LogP contribution in [0, 0.1) is 0 Å². The Kier molecular flexibility index (Phi) is 2.99. The van der Waals surface area contributed by atoms with Gasteiger partial charge in [-0.05, 0) is 19.9 Å². The first-order valence-corrected chi connectivity index (χ1v) is 6.71. The maximum atomic E-state index is 9.43. The van der Waals surface area contributed by atoms with Crippen LogP contribution in [0.3, 0.4) is 0 Å². The maximum Gasteiger partial charge on any atom is 0.571 e. The van der Waals surface area contributed by atoms with E-state index < -0.39 is 19.9 Å². The number of halogens is 1. The quantitative estimate of drug-likeness (QED) is 0.765. The van der Waals surface area contributed by atoms with Gasteiger partial charge in [0.2, 0.25) is 0 Å². The Morgan fingerprint density at radius 1 is 1.31 bits per heavy atom. The molecule has 0 spiro atoms. The van der Waals surface area contributed by atoms with Crippen molar-refractivity contribution in [2.24, 2.45) is 0 Å². The third-order valence-electron chi connectivity index (χ3n) is 2.42. The lowest BCUT2D eigenvalue weighted by atomic mass is 9.95. The normalized spacial score (nSPS) is 26.9. The van der Waals surface area contributed by atoms with E-state index in [0.717, 1.165) is 0 Å². The van der Waals surface area contributed by atoms with Crippen LogP contribution in [0.25, 0.3) is 0 Å². The molecule has 1 aromatic rings. The SMILES string of the molecule is CC1(C)O[P+](O)(O)OC1c1ccccc1Cl. The summed E-state index contributed by atoms with van der Waals surface area (Å²) in [5.41, 5.74) is -0.124. The van der Waals surface area contributed by atoms with Gasteiger partial charge in [-0.15, -0.1) is 9.05 Å². The highest BCUT2D eigenvalue weighted by Crippen LogP contribution is 2.67. The van der Waals surface area contributed by atoms with Crippen molar-refractivity contribution in [3.8, 4) is 0 Å². The molecule has 1 aliphatic heterocycles. The molecule has 1 unspecified atom stereocenters. The van der Waals surface area contributed by atoms with E-state index in [1.807, 2.05) is 6.07 Å². The van der Waals surface area contributed by atoms with E-state index in [-0.39, 0.29) is 0 Å². The van der Waals surface area contributed by atoms with Crippen LogP contribution in [0.4, 0.5) is 0 Å². The van der Waals surface area contributed by atoms with Gasteiger partial charge < -0.3 is 0 Å².